The van der Waals surface area contributed by atoms with Crippen LogP contribution >= 0.6 is 0 Å². The number of rotatable bonds is 19. The number of nitrogens with zero attached hydrogens (tertiary/aromatic N) is 5. The first-order valence-electron chi connectivity index (χ1n) is 24.2. The van der Waals surface area contributed by atoms with E-state index in [1.807, 2.05) is 4.90 Å². The zero-order valence-electron chi connectivity index (χ0n) is 42.9. The predicted octanol–water partition coefficient (Wildman–Crippen LogP) is 4.37. The normalized spacial score (nSPS) is 19.5. The number of halogens is 6. The van der Waals surface area contributed by atoms with Crippen LogP contribution in [0.2, 0.25) is 0 Å². The minimum absolute atomic E-state index is 0. The fourth-order valence-corrected chi connectivity index (χ4v) is 12.9. The summed E-state index contributed by atoms with van der Waals surface area (Å²) in [5.41, 5.74) is 0. The summed E-state index contributed by atoms with van der Waals surface area (Å²) < 4.78 is 157. The van der Waals surface area contributed by atoms with Gasteiger partial charge < -0.3 is 48.6 Å². The minimum Gasteiger partial charge on any atom is -0.658 e. The Balaban J connectivity index is 0.000000337. The van der Waals surface area contributed by atoms with Gasteiger partial charge in [-0.15, -0.1) is 38.4 Å². The molecule has 1 N–H and O–H groups in total. The minimum atomic E-state index is -4.78. The van der Waals surface area contributed by atoms with Crippen LogP contribution in [0.15, 0.2) is 48.5 Å². The Morgan fingerprint density at radius 1 is 0.616 bits per heavy atom. The summed E-state index contributed by atoms with van der Waals surface area (Å²) in [6.45, 7) is 14.1. The summed E-state index contributed by atoms with van der Waals surface area (Å²) in [6.07, 6.45) is -7.09. The second-order valence-corrected chi connectivity index (χ2v) is 23.0. The smallest absolute Gasteiger partial charge is 0.658 e. The van der Waals surface area contributed by atoms with Crippen LogP contribution in [0.5, 0.6) is 23.0 Å². The molecule has 4 fully saturated rings. The van der Waals surface area contributed by atoms with Crippen LogP contribution in [0.4, 0.5) is 26.3 Å². The molecule has 4 heterocycles. The second kappa shape index (κ2) is 29.4. The maximum Gasteiger partial charge on any atom is 1.00 e. The summed E-state index contributed by atoms with van der Waals surface area (Å²) in [5, 5.41) is 13.8. The van der Waals surface area contributed by atoms with Crippen LogP contribution in [0.1, 0.15) is 79.1 Å². The molecular weight excluding hydrogens is 1010 g/mol. The van der Waals surface area contributed by atoms with Gasteiger partial charge in [0.25, 0.3) is 0 Å². The van der Waals surface area contributed by atoms with Gasteiger partial charge in [-0.25, -0.2) is 25.4 Å². The number of carboxylic acid groups (broad SMARTS) is 1. The average Bonchev–Trinajstić information content (AvgIpc) is 3.31. The van der Waals surface area contributed by atoms with E-state index >= 15 is 0 Å². The van der Waals surface area contributed by atoms with Crippen LogP contribution in [-0.4, -0.2) is 186 Å². The fourth-order valence-electron chi connectivity index (χ4n) is 8.87. The third-order valence-electron chi connectivity index (χ3n) is 12.5. The number of aliphatic carboxylic acids is 1. The van der Waals surface area contributed by atoms with Gasteiger partial charge in [-0.3, -0.25) is 4.79 Å². The van der Waals surface area contributed by atoms with Crippen LogP contribution in [-0.2, 0) is 34.3 Å². The summed E-state index contributed by atoms with van der Waals surface area (Å²) in [7, 11) is -4.24. The summed E-state index contributed by atoms with van der Waals surface area (Å²) in [4.78, 5) is 16.4. The van der Waals surface area contributed by atoms with Gasteiger partial charge in [0.1, 0.15) is 35.2 Å². The van der Waals surface area contributed by atoms with Gasteiger partial charge in [0.2, 0.25) is 20.0 Å². The maximum absolute atomic E-state index is 13.4. The molecule has 6 rings (SSSR count). The number of benzene rings is 2. The Morgan fingerprint density at radius 2 is 0.973 bits per heavy atom. The number of likely N-dealkylation sites (tertiary alicyclic amines) is 2. The molecule has 4 aliphatic rings. The second-order valence-electron chi connectivity index (χ2n) is 18.5. The van der Waals surface area contributed by atoms with Crippen LogP contribution < -0.4 is 37.8 Å². The summed E-state index contributed by atoms with van der Waals surface area (Å²) >= 11 is 0. The van der Waals surface area contributed by atoms with E-state index in [0.717, 1.165) is 31.8 Å². The molecule has 0 atom stereocenters. The van der Waals surface area contributed by atoms with E-state index in [0.29, 0.717) is 108 Å². The van der Waals surface area contributed by atoms with E-state index < -0.39 is 43.5 Å². The molecule has 0 saturated carbocycles. The van der Waals surface area contributed by atoms with Crippen LogP contribution in [0.3, 0.4) is 0 Å². The van der Waals surface area contributed by atoms with Gasteiger partial charge in [0.05, 0.1) is 18.5 Å². The molecule has 0 aliphatic carbocycles. The SMILES string of the molecule is CC(C)[N-]C(C)C.COCCN1CCC(C(=O)O)(S(=O)(=O)N2CCC(Oc3ccc(OC(F)(F)F)cc3)CC2)CC1.COCCN1CCC(S(=O)(=O)N2CCC(Oc3ccc(OC(F)(F)F)cc3)CC2)CC1.[Li+]. The molecule has 0 amide bonds. The van der Waals surface area contributed by atoms with Crippen molar-refractivity contribution in [1.29, 1.82) is 0 Å². The molecule has 4 aliphatic heterocycles. The number of hydrogen-bond donors (Lipinski definition) is 1. The Morgan fingerprint density at radius 3 is 1.30 bits per heavy atom. The molecule has 0 unspecified atom stereocenters. The van der Waals surface area contributed by atoms with E-state index in [2.05, 4.69) is 47.4 Å². The van der Waals surface area contributed by atoms with Gasteiger partial charge in [0, 0.05) is 66.6 Å². The van der Waals surface area contributed by atoms with Crippen molar-refractivity contribution in [2.24, 2.45) is 0 Å². The maximum atomic E-state index is 13.4. The quantitative estimate of drug-likeness (QED) is 0.154. The molecule has 26 heteroatoms. The third kappa shape index (κ3) is 20.8. The molecule has 0 aromatic heterocycles. The monoisotopic (exact) mass is 1080 g/mol. The standard InChI is InChI=1S/C21H29F3N2O7S.C20H29F3N2O5S.C6H14N.Li/c1-31-15-14-25-12-8-20(9-13-25,19(27)28)34(29,30)26-10-6-17(7-11-26)32-16-2-4-18(5-3-16)33-21(22,23)24;1-28-15-14-24-10-8-19(9-11-24)31(26,27)25-12-6-17(7-13-25)29-16-2-4-18(5-3-16)30-20(21,22)23;1-5(2)7-6(3)4;/h2-5,17H,6-15H2,1H3,(H,27,28);2-5,17,19H,6-15H2,1H3;5-6H,1-4H3;/q;;-1;+1. The summed E-state index contributed by atoms with van der Waals surface area (Å²) in [5.74, 6) is -1.25. The van der Waals surface area contributed by atoms with Crippen LogP contribution in [0.25, 0.3) is 5.32 Å². The Hall–Kier alpha value is -3.09. The first-order chi connectivity index (χ1) is 33.8. The van der Waals surface area contributed by atoms with Gasteiger partial charge in [-0.2, -0.15) is 0 Å². The molecule has 0 radical (unpaired) electrons. The molecule has 412 valence electrons. The molecular formula is C47H72F6LiN5O12S2. The van der Waals surface area contributed by atoms with Crippen molar-refractivity contribution in [3.63, 3.8) is 0 Å². The topological polar surface area (TPSA) is 188 Å². The molecule has 2 aromatic carbocycles. The zero-order valence-corrected chi connectivity index (χ0v) is 44.5. The number of piperidine rings is 4. The number of carboxylic acids is 1. The van der Waals surface area contributed by atoms with Crippen LogP contribution in [0, 0.1) is 0 Å². The van der Waals surface area contributed by atoms with Gasteiger partial charge in [-0.05, 0) is 113 Å². The van der Waals surface area contributed by atoms with E-state index in [4.69, 9.17) is 18.9 Å². The number of alkyl halides is 6. The fraction of sp³-hybridized carbons (Fsp3) is 0.723. The van der Waals surface area contributed by atoms with E-state index in [9.17, 15) is 53.1 Å². The Bertz CT molecular complexity index is 2130. The largest absolute Gasteiger partial charge is 1.00 e. The van der Waals surface area contributed by atoms with Crippen molar-refractivity contribution in [3.05, 3.63) is 53.8 Å². The first kappa shape index (κ1) is 64.2. The number of ether oxygens (including phenoxy) is 6. The molecule has 0 spiro atoms. The Labute approximate surface area is 438 Å². The van der Waals surface area contributed by atoms with Crippen molar-refractivity contribution < 1.29 is 100 Å². The van der Waals surface area contributed by atoms with Crippen molar-refractivity contribution in [1.82, 2.24) is 18.4 Å². The predicted molar refractivity (Wildman–Crippen MR) is 257 cm³/mol. The van der Waals surface area contributed by atoms with E-state index in [1.54, 1.807) is 18.5 Å². The molecule has 0 bridgehead atoms. The average molecular weight is 1080 g/mol. The Kier molecular flexibility index (Phi) is 25.9. The van der Waals surface area contributed by atoms with Crippen molar-refractivity contribution in [2.45, 2.75) is 126 Å². The van der Waals surface area contributed by atoms with Gasteiger partial charge >= 0.3 is 37.6 Å². The number of carbonyl (C=O) groups is 1. The molecule has 17 nitrogen and oxygen atoms in total. The van der Waals surface area contributed by atoms with E-state index in [1.165, 1.54) is 40.7 Å². The van der Waals surface area contributed by atoms with Crippen molar-refractivity contribution >= 4 is 26.0 Å². The van der Waals surface area contributed by atoms with Gasteiger partial charge in [-0.1, -0.05) is 27.7 Å². The van der Waals surface area contributed by atoms with Gasteiger partial charge in [0.15, 0.2) is 4.75 Å². The van der Waals surface area contributed by atoms with Crippen molar-refractivity contribution in [2.75, 3.05) is 92.9 Å². The third-order valence-corrected chi connectivity index (χ3v) is 17.6. The zero-order chi connectivity index (χ0) is 53.3. The molecule has 73 heavy (non-hydrogen) atoms. The molecule has 2 aromatic rings. The van der Waals surface area contributed by atoms with Crippen molar-refractivity contribution in [3.8, 4) is 23.0 Å². The molecule has 4 saturated heterocycles. The number of hydrogen-bond acceptors (Lipinski definition) is 13. The number of sulfonamides is 2. The summed E-state index contributed by atoms with van der Waals surface area (Å²) in [6, 6.07) is 11.2. The first-order valence-corrected chi connectivity index (χ1v) is 27.1. The van der Waals surface area contributed by atoms with E-state index in [-0.39, 0.29) is 73.7 Å². The number of methoxy groups -OCH3 is 2.